The molecule has 3 saturated heterocycles. The van der Waals surface area contributed by atoms with Crippen molar-refractivity contribution in [3.05, 3.63) is 101 Å². The van der Waals surface area contributed by atoms with Gasteiger partial charge in [0.25, 0.3) is 5.91 Å². The number of benzene rings is 3. The Balaban J connectivity index is 0.000000187. The van der Waals surface area contributed by atoms with Gasteiger partial charge in [0, 0.05) is 29.0 Å². The lowest BCUT2D eigenvalue weighted by atomic mass is 9.94. The molecule has 3 aromatic rings. The molecule has 0 saturated carbocycles. The molecule has 0 spiro atoms. The van der Waals surface area contributed by atoms with Gasteiger partial charge in [0.2, 0.25) is 6.23 Å². The molecule has 4 aliphatic rings. The van der Waals surface area contributed by atoms with Crippen molar-refractivity contribution in [2.75, 3.05) is 25.5 Å². The van der Waals surface area contributed by atoms with Crippen molar-refractivity contribution < 1.29 is 50.7 Å². The molecular formula is C36H41BrClN3O6. The molecule has 0 radical (unpaired) electrons. The minimum Gasteiger partial charge on any atom is -1.00 e. The van der Waals surface area contributed by atoms with E-state index in [0.717, 1.165) is 28.5 Å². The molecule has 11 heteroatoms. The van der Waals surface area contributed by atoms with Gasteiger partial charge in [0.15, 0.2) is 0 Å². The number of benzodiazepines with no additional fused rings is 1. The summed E-state index contributed by atoms with van der Waals surface area (Å²) in [5, 5.41) is 22.7. The largest absolute Gasteiger partial charge is 1.00 e. The van der Waals surface area contributed by atoms with Gasteiger partial charge in [0.05, 0.1) is 31.6 Å². The monoisotopic (exact) mass is 725 g/mol. The Labute approximate surface area is 290 Å². The number of morpholine rings is 1. The van der Waals surface area contributed by atoms with E-state index in [9.17, 15) is 19.8 Å². The Bertz CT molecular complexity index is 1570. The van der Waals surface area contributed by atoms with Gasteiger partial charge in [0.1, 0.15) is 36.3 Å². The Hall–Kier alpha value is -3.12. The van der Waals surface area contributed by atoms with Crippen LogP contribution in [0, 0.1) is 0 Å². The van der Waals surface area contributed by atoms with E-state index < -0.39 is 18.1 Å². The number of ether oxygens (including phenoxy) is 2. The van der Waals surface area contributed by atoms with Crippen molar-refractivity contribution in [1.29, 1.82) is 0 Å². The lowest BCUT2D eigenvalue weighted by molar-refractivity contribution is -0.956. The standard InChI is InChI=1S/C21H30NO4.C15H11ClN2O2.BrH/c1-3-4-10-22(2)17-11-15(12-18(22)20-19(17)26-20)25-21(24)16(13-23)14-8-6-5-7-9-14;16-10-6-7-12-11(8-10)13(9-4-2-1-3-5-9)18-15(20)14(19)17-12;/h5-9,15-20,23H,3-4,10-13H2,1-2H3;1-8,15,20H,(H,17,19);1H/q+1;;/p-1/t15?,16-,17?,18?,19?,20?,22?;;/m1../s1. The van der Waals surface area contributed by atoms with Gasteiger partial charge in [-0.3, -0.25) is 9.59 Å². The number of hydrogen-bond acceptors (Lipinski definition) is 7. The Morgan fingerprint density at radius 1 is 1.06 bits per heavy atom. The predicted octanol–water partition coefficient (Wildman–Crippen LogP) is 1.68. The van der Waals surface area contributed by atoms with E-state index in [1.807, 2.05) is 60.7 Å². The summed E-state index contributed by atoms with van der Waals surface area (Å²) >= 11 is 6.03. The number of aliphatic hydroxyl groups excluding tert-OH is 2. The molecule has 0 aromatic heterocycles. The van der Waals surface area contributed by atoms with Crippen LogP contribution in [0.25, 0.3) is 0 Å². The van der Waals surface area contributed by atoms with E-state index in [-0.39, 0.29) is 35.7 Å². The first-order chi connectivity index (χ1) is 22.2. The van der Waals surface area contributed by atoms with Crippen molar-refractivity contribution in [3.63, 3.8) is 0 Å². The molecule has 7 rings (SSSR count). The van der Waals surface area contributed by atoms with Crippen LogP contribution in [0.15, 0.2) is 83.9 Å². The summed E-state index contributed by atoms with van der Waals surface area (Å²) in [6.45, 7) is 3.20. The highest BCUT2D eigenvalue weighted by Gasteiger charge is 2.71. The van der Waals surface area contributed by atoms with E-state index in [0.29, 0.717) is 46.3 Å². The number of aliphatic imine (C=N–C) groups is 1. The number of halogens is 2. The molecule has 9 nitrogen and oxygen atoms in total. The van der Waals surface area contributed by atoms with Crippen LogP contribution < -0.4 is 22.3 Å². The highest BCUT2D eigenvalue weighted by molar-refractivity contribution is 6.32. The van der Waals surface area contributed by atoms with E-state index in [1.54, 1.807) is 18.2 Å². The summed E-state index contributed by atoms with van der Waals surface area (Å²) in [6, 6.07) is 24.8. The summed E-state index contributed by atoms with van der Waals surface area (Å²) in [7, 11) is 2.36. The first-order valence-electron chi connectivity index (χ1n) is 16.0. The molecule has 2 bridgehead atoms. The second kappa shape index (κ2) is 15.0. The SMILES string of the molecule is CCCC[N+]1(C)C2CC(OC(=O)[C@H](CO)c3ccccc3)CC1C1OC12.O=C1Nc2ccc(Cl)cc2C(c2ccccc2)=NC1O.[Br-]. The summed E-state index contributed by atoms with van der Waals surface area (Å²) in [4.78, 5) is 28.5. The first kappa shape index (κ1) is 35.2. The van der Waals surface area contributed by atoms with Crippen LogP contribution in [0.3, 0.4) is 0 Å². The highest BCUT2D eigenvalue weighted by atomic mass is 79.9. The maximum absolute atomic E-state index is 12.7. The molecule has 47 heavy (non-hydrogen) atoms. The molecule has 4 heterocycles. The molecule has 3 N–H and O–H groups in total. The van der Waals surface area contributed by atoms with Gasteiger partial charge in [-0.05, 0) is 30.2 Å². The highest BCUT2D eigenvalue weighted by Crippen LogP contribution is 2.53. The molecule has 3 fully saturated rings. The van der Waals surface area contributed by atoms with Crippen LogP contribution in [0.2, 0.25) is 5.02 Å². The van der Waals surface area contributed by atoms with Gasteiger partial charge < -0.3 is 46.5 Å². The van der Waals surface area contributed by atoms with Crippen molar-refractivity contribution >= 4 is 34.9 Å². The first-order valence-corrected chi connectivity index (χ1v) is 16.4. The third kappa shape index (κ3) is 7.33. The number of carbonyl (C=O) groups is 2. The smallest absolute Gasteiger partial charge is 0.316 e. The normalized spacial score (nSPS) is 28.9. The second-order valence-corrected chi connectivity index (χ2v) is 13.1. The average Bonchev–Trinajstić information content (AvgIpc) is 3.85. The zero-order valence-electron chi connectivity index (χ0n) is 26.5. The van der Waals surface area contributed by atoms with Crippen LogP contribution in [-0.2, 0) is 19.1 Å². The van der Waals surface area contributed by atoms with Crippen LogP contribution in [0.1, 0.15) is 55.2 Å². The lowest BCUT2D eigenvalue weighted by Crippen LogP contribution is -3.00. The molecule has 4 aliphatic heterocycles. The van der Waals surface area contributed by atoms with Crippen molar-refractivity contribution in [1.82, 2.24) is 0 Å². The van der Waals surface area contributed by atoms with Gasteiger partial charge in [-0.1, -0.05) is 85.6 Å². The van der Waals surface area contributed by atoms with Crippen molar-refractivity contribution in [3.8, 4) is 0 Å². The fraction of sp³-hybridized carbons (Fsp3) is 0.417. The van der Waals surface area contributed by atoms with Gasteiger partial charge in [-0.25, -0.2) is 4.99 Å². The van der Waals surface area contributed by atoms with Crippen molar-refractivity contribution in [2.24, 2.45) is 4.99 Å². The quantitative estimate of drug-likeness (QED) is 0.185. The van der Waals surface area contributed by atoms with E-state index in [4.69, 9.17) is 21.1 Å². The number of amides is 1. The van der Waals surface area contributed by atoms with Crippen molar-refractivity contribution in [2.45, 2.75) is 75.1 Å². The number of anilines is 1. The molecule has 3 aromatic carbocycles. The number of piperidine rings is 1. The molecule has 0 aliphatic carbocycles. The number of aliphatic hydroxyl groups is 2. The van der Waals surface area contributed by atoms with Crippen LogP contribution >= 0.6 is 11.6 Å². The molecule has 250 valence electrons. The zero-order chi connectivity index (χ0) is 32.4. The molecular weight excluding hydrogens is 686 g/mol. The maximum Gasteiger partial charge on any atom is 0.316 e. The maximum atomic E-state index is 12.7. The number of carbonyl (C=O) groups excluding carboxylic acids is 2. The minimum absolute atomic E-state index is 0. The molecule has 6 atom stereocenters. The number of nitrogens with zero attached hydrogens (tertiary/aromatic N) is 2. The number of fused-ring (bicyclic) bond motifs is 6. The number of likely N-dealkylation sites (N-methyl/N-ethyl adjacent to an activating group) is 1. The topological polar surface area (TPSA) is 121 Å². The molecule has 1 amide bonds. The third-order valence-electron chi connectivity index (χ3n) is 9.82. The number of esters is 1. The summed E-state index contributed by atoms with van der Waals surface area (Å²) in [5.74, 6) is -1.45. The fourth-order valence-electron chi connectivity index (χ4n) is 7.33. The van der Waals surface area contributed by atoms with E-state index in [1.165, 1.54) is 19.4 Å². The number of nitrogens with one attached hydrogen (secondary N) is 1. The Morgan fingerprint density at radius 2 is 1.70 bits per heavy atom. The lowest BCUT2D eigenvalue weighted by Gasteiger charge is -2.48. The summed E-state index contributed by atoms with van der Waals surface area (Å²) in [6.07, 6.45) is 3.40. The third-order valence-corrected chi connectivity index (χ3v) is 10.1. The fourth-order valence-corrected chi connectivity index (χ4v) is 7.50. The van der Waals surface area contributed by atoms with E-state index in [2.05, 4.69) is 24.3 Å². The van der Waals surface area contributed by atoms with Crippen LogP contribution in [0.5, 0.6) is 0 Å². The van der Waals surface area contributed by atoms with Gasteiger partial charge in [-0.15, -0.1) is 0 Å². The van der Waals surface area contributed by atoms with Gasteiger partial charge in [-0.2, -0.15) is 0 Å². The Kier molecular flexibility index (Phi) is 11.2. The number of quaternary nitrogens is 1. The number of rotatable bonds is 8. The Morgan fingerprint density at radius 3 is 2.32 bits per heavy atom. The minimum atomic E-state index is -1.43. The number of unbranched alkanes of at least 4 members (excludes halogenated alkanes) is 1. The summed E-state index contributed by atoms with van der Waals surface area (Å²) in [5.41, 5.74) is 3.43. The predicted molar refractivity (Wildman–Crippen MR) is 176 cm³/mol. The molecule has 5 unspecified atom stereocenters. The number of epoxide rings is 1. The van der Waals surface area contributed by atoms with Gasteiger partial charge >= 0.3 is 5.97 Å². The van der Waals surface area contributed by atoms with E-state index >= 15 is 0 Å². The summed E-state index contributed by atoms with van der Waals surface area (Å²) < 4.78 is 12.9. The zero-order valence-corrected chi connectivity index (χ0v) is 28.8. The second-order valence-electron chi connectivity index (χ2n) is 12.7. The van der Waals surface area contributed by atoms with Crippen LogP contribution in [-0.4, -0.2) is 89.1 Å². The number of hydrogen-bond donors (Lipinski definition) is 3. The average molecular weight is 727 g/mol. The van der Waals surface area contributed by atoms with Crippen LogP contribution in [0.4, 0.5) is 5.69 Å².